The zero-order chi connectivity index (χ0) is 24.7. The minimum absolute atomic E-state index is 0.0289. The van der Waals surface area contributed by atoms with Crippen LogP contribution in [0.25, 0.3) is 0 Å². The summed E-state index contributed by atoms with van der Waals surface area (Å²) < 4.78 is 29.6. The van der Waals surface area contributed by atoms with Crippen LogP contribution in [-0.4, -0.2) is 51.6 Å². The van der Waals surface area contributed by atoms with E-state index >= 15 is 0 Å². The molecule has 35 heavy (non-hydrogen) atoms. The Labute approximate surface area is 209 Å². The normalized spacial score (nSPS) is 18.3. The van der Waals surface area contributed by atoms with E-state index in [0.717, 1.165) is 57.3 Å². The van der Waals surface area contributed by atoms with Gasteiger partial charge in [-0.15, -0.1) is 0 Å². The first-order valence-electron chi connectivity index (χ1n) is 12.7. The van der Waals surface area contributed by atoms with E-state index < -0.39 is 10.0 Å². The number of sulfonamides is 1. The minimum atomic E-state index is -3.86. The Balaban J connectivity index is 1.55. The predicted octanol–water partition coefficient (Wildman–Crippen LogP) is 5.08. The first kappa shape index (κ1) is 25.4. The molecule has 0 atom stereocenters. The molecule has 2 aliphatic rings. The van der Waals surface area contributed by atoms with Gasteiger partial charge in [-0.05, 0) is 74.5 Å². The first-order chi connectivity index (χ1) is 17.0. The zero-order valence-electron chi connectivity index (χ0n) is 20.5. The van der Waals surface area contributed by atoms with E-state index in [1.807, 2.05) is 24.0 Å². The largest absolute Gasteiger partial charge is 0.337 e. The third kappa shape index (κ3) is 6.30. The van der Waals surface area contributed by atoms with Crippen LogP contribution < -0.4 is 10.0 Å². The van der Waals surface area contributed by atoms with Gasteiger partial charge < -0.3 is 10.2 Å². The Bertz CT molecular complexity index is 1130. The summed E-state index contributed by atoms with van der Waals surface area (Å²) in [6.07, 6.45) is 9.49. The molecule has 0 bridgehead atoms. The second kappa shape index (κ2) is 11.8. The van der Waals surface area contributed by atoms with Crippen molar-refractivity contribution in [2.24, 2.45) is 4.99 Å². The number of amides is 1. The molecule has 188 valence electrons. The molecule has 7 nitrogen and oxygen atoms in total. The number of hydrogen-bond acceptors (Lipinski definition) is 5. The maximum Gasteiger partial charge on any atom is 0.264 e. The highest BCUT2D eigenvalue weighted by Crippen LogP contribution is 2.40. The number of anilines is 1. The van der Waals surface area contributed by atoms with Gasteiger partial charge in [-0.25, -0.2) is 8.42 Å². The highest BCUT2D eigenvalue weighted by atomic mass is 32.2. The van der Waals surface area contributed by atoms with Crippen molar-refractivity contribution < 1.29 is 13.2 Å². The second-order valence-corrected chi connectivity index (χ2v) is 11.0. The number of hydrogen-bond donors (Lipinski definition) is 2. The van der Waals surface area contributed by atoms with Gasteiger partial charge in [-0.2, -0.15) is 0 Å². The molecule has 0 radical (unpaired) electrons. The Morgan fingerprint density at radius 2 is 1.74 bits per heavy atom. The van der Waals surface area contributed by atoms with Gasteiger partial charge in [-0.3, -0.25) is 14.5 Å². The van der Waals surface area contributed by atoms with E-state index in [4.69, 9.17) is 0 Å². The van der Waals surface area contributed by atoms with Gasteiger partial charge in [0.1, 0.15) is 4.90 Å². The molecule has 1 saturated heterocycles. The second-order valence-electron chi connectivity index (χ2n) is 9.35. The van der Waals surface area contributed by atoms with Gasteiger partial charge in [-0.1, -0.05) is 37.8 Å². The number of nitrogens with zero attached hydrogens (tertiary/aromatic N) is 2. The average Bonchev–Trinajstić information content (AvgIpc) is 3.30. The van der Waals surface area contributed by atoms with Crippen molar-refractivity contribution in [2.45, 2.75) is 62.7 Å². The molecule has 1 aliphatic heterocycles. The molecule has 2 aromatic rings. The Morgan fingerprint density at radius 1 is 1.00 bits per heavy atom. The van der Waals surface area contributed by atoms with E-state index in [1.165, 1.54) is 12.8 Å². The summed E-state index contributed by atoms with van der Waals surface area (Å²) in [4.78, 5) is 19.4. The predicted molar refractivity (Wildman–Crippen MR) is 141 cm³/mol. The van der Waals surface area contributed by atoms with Crippen molar-refractivity contribution >= 4 is 33.5 Å². The van der Waals surface area contributed by atoms with Crippen LogP contribution in [0.1, 0.15) is 73.7 Å². The fourth-order valence-electron chi connectivity index (χ4n) is 5.07. The number of para-hydroxylation sites is 1. The lowest BCUT2D eigenvalue weighted by atomic mass is 9.90. The molecule has 1 aliphatic carbocycles. The van der Waals surface area contributed by atoms with Gasteiger partial charge in [0.2, 0.25) is 0 Å². The van der Waals surface area contributed by atoms with Crippen LogP contribution in [0.5, 0.6) is 0 Å². The van der Waals surface area contributed by atoms with Crippen molar-refractivity contribution in [2.75, 3.05) is 30.9 Å². The molecule has 0 spiro atoms. The van der Waals surface area contributed by atoms with Crippen molar-refractivity contribution in [3.63, 3.8) is 0 Å². The van der Waals surface area contributed by atoms with Crippen LogP contribution in [0.15, 0.2) is 52.4 Å². The topological polar surface area (TPSA) is 90.9 Å². The number of aliphatic imine (C=N–C) groups is 1. The van der Waals surface area contributed by atoms with Crippen LogP contribution in [0.3, 0.4) is 0 Å². The zero-order valence-corrected chi connectivity index (χ0v) is 21.3. The fourth-order valence-corrected chi connectivity index (χ4v) is 6.30. The van der Waals surface area contributed by atoms with Crippen molar-refractivity contribution in [3.8, 4) is 0 Å². The number of carbonyl (C=O) groups excluding carboxylic acids is 1. The summed E-state index contributed by atoms with van der Waals surface area (Å²) in [5.41, 5.74) is 2.53. The van der Waals surface area contributed by atoms with Gasteiger partial charge >= 0.3 is 0 Å². The maximum absolute atomic E-state index is 13.4. The van der Waals surface area contributed by atoms with E-state index in [1.54, 1.807) is 36.5 Å². The van der Waals surface area contributed by atoms with Crippen molar-refractivity contribution in [3.05, 3.63) is 53.6 Å². The van der Waals surface area contributed by atoms with Crippen molar-refractivity contribution in [1.82, 2.24) is 10.2 Å². The standard InChI is InChI=1S/C27H36N4O3S/c1-2-29-26-24(21-9-5-3-4-6-10-21)11-7-12-25(26)35(33,34)30-23-15-13-22(14-16-23)27(32)31-19-8-17-28-18-20-31/h2,7,11-16,21,28,30H,3-6,8-10,17-20H2,1H3. The lowest BCUT2D eigenvalue weighted by molar-refractivity contribution is 0.0766. The molecule has 1 saturated carbocycles. The van der Waals surface area contributed by atoms with Gasteiger partial charge in [0, 0.05) is 37.1 Å². The summed E-state index contributed by atoms with van der Waals surface area (Å²) in [5.74, 6) is 0.296. The molecule has 1 heterocycles. The van der Waals surface area contributed by atoms with E-state index in [2.05, 4.69) is 15.0 Å². The summed E-state index contributed by atoms with van der Waals surface area (Å²) >= 11 is 0. The summed E-state index contributed by atoms with van der Waals surface area (Å²) in [7, 11) is -3.86. The van der Waals surface area contributed by atoms with Gasteiger partial charge in [0.05, 0.1) is 5.69 Å². The molecular weight excluding hydrogens is 460 g/mol. The molecular formula is C27H36N4O3S. The molecule has 4 rings (SSSR count). The quantitative estimate of drug-likeness (QED) is 0.431. The fraction of sp³-hybridized carbons (Fsp3) is 0.481. The number of rotatable bonds is 6. The molecule has 1 amide bonds. The third-order valence-corrected chi connectivity index (χ3v) is 8.30. The Hall–Kier alpha value is -2.71. The average molecular weight is 497 g/mol. The molecule has 0 aromatic heterocycles. The number of benzene rings is 2. The third-order valence-electron chi connectivity index (χ3n) is 6.88. The lowest BCUT2D eigenvalue weighted by Gasteiger charge is -2.20. The minimum Gasteiger partial charge on any atom is -0.337 e. The summed E-state index contributed by atoms with van der Waals surface area (Å²) in [6.45, 7) is 4.90. The van der Waals surface area contributed by atoms with Crippen LogP contribution in [-0.2, 0) is 10.0 Å². The van der Waals surface area contributed by atoms with Gasteiger partial charge in [0.15, 0.2) is 0 Å². The van der Waals surface area contributed by atoms with E-state index in [-0.39, 0.29) is 10.8 Å². The SMILES string of the molecule is CC=Nc1c(C2CCCCCC2)cccc1S(=O)(=O)Nc1ccc(C(=O)N2CCCNCC2)cc1. The number of carbonyl (C=O) groups is 1. The monoisotopic (exact) mass is 496 g/mol. The highest BCUT2D eigenvalue weighted by molar-refractivity contribution is 7.92. The van der Waals surface area contributed by atoms with Gasteiger partial charge in [0.25, 0.3) is 15.9 Å². The molecule has 2 fully saturated rings. The van der Waals surface area contributed by atoms with E-state index in [0.29, 0.717) is 29.4 Å². The summed E-state index contributed by atoms with van der Waals surface area (Å²) in [6, 6.07) is 12.1. The molecule has 8 heteroatoms. The Morgan fingerprint density at radius 3 is 2.46 bits per heavy atom. The smallest absolute Gasteiger partial charge is 0.264 e. The first-order valence-corrected chi connectivity index (χ1v) is 14.2. The molecule has 2 aromatic carbocycles. The molecule has 0 unspecified atom stereocenters. The highest BCUT2D eigenvalue weighted by Gasteiger charge is 2.25. The number of nitrogens with one attached hydrogen (secondary N) is 2. The van der Waals surface area contributed by atoms with Crippen LogP contribution in [0, 0.1) is 0 Å². The molecule has 2 N–H and O–H groups in total. The maximum atomic E-state index is 13.4. The van der Waals surface area contributed by atoms with Crippen LogP contribution >= 0.6 is 0 Å². The summed E-state index contributed by atoms with van der Waals surface area (Å²) in [5, 5.41) is 3.29. The van der Waals surface area contributed by atoms with E-state index in [9.17, 15) is 13.2 Å². The van der Waals surface area contributed by atoms with Crippen molar-refractivity contribution in [1.29, 1.82) is 0 Å². The lowest BCUT2D eigenvalue weighted by Crippen LogP contribution is -2.34. The van der Waals surface area contributed by atoms with Crippen LogP contribution in [0.4, 0.5) is 11.4 Å². The Kier molecular flexibility index (Phi) is 8.57. The van der Waals surface area contributed by atoms with Crippen LogP contribution in [0.2, 0.25) is 0 Å².